The first kappa shape index (κ1) is 15.4. The minimum atomic E-state index is -1.05. The standard InChI is InChI=1S/C14H16ClNO5/c1-8(14(18)19)16(2)12(17)7-9-5-10(15)13-11(6-9)20-3-4-21-13/h5-6,8H,3-4,7H2,1-2H3,(H,18,19)/t8-/m1/s1. The van der Waals surface area contributed by atoms with E-state index in [-0.39, 0.29) is 12.3 Å². The van der Waals surface area contributed by atoms with Gasteiger partial charge in [0.15, 0.2) is 11.5 Å². The average molecular weight is 314 g/mol. The van der Waals surface area contributed by atoms with Gasteiger partial charge in [0.1, 0.15) is 19.3 Å². The monoisotopic (exact) mass is 313 g/mol. The summed E-state index contributed by atoms with van der Waals surface area (Å²) in [6.07, 6.45) is 0.0461. The molecular formula is C14H16ClNO5. The van der Waals surface area contributed by atoms with E-state index in [1.54, 1.807) is 12.1 Å². The van der Waals surface area contributed by atoms with Gasteiger partial charge in [-0.3, -0.25) is 4.79 Å². The Morgan fingerprint density at radius 3 is 2.71 bits per heavy atom. The van der Waals surface area contributed by atoms with Gasteiger partial charge in [-0.2, -0.15) is 0 Å². The van der Waals surface area contributed by atoms with Gasteiger partial charge in [0.2, 0.25) is 5.91 Å². The lowest BCUT2D eigenvalue weighted by Crippen LogP contribution is -2.41. The van der Waals surface area contributed by atoms with Gasteiger partial charge in [0, 0.05) is 7.05 Å². The number of carbonyl (C=O) groups is 2. The molecule has 1 aromatic carbocycles. The summed E-state index contributed by atoms with van der Waals surface area (Å²) in [4.78, 5) is 24.2. The van der Waals surface area contributed by atoms with E-state index in [0.717, 1.165) is 0 Å². The Hall–Kier alpha value is -1.95. The van der Waals surface area contributed by atoms with Crippen molar-refractivity contribution in [1.29, 1.82) is 0 Å². The van der Waals surface area contributed by atoms with E-state index in [1.807, 2.05) is 0 Å². The topological polar surface area (TPSA) is 76.1 Å². The van der Waals surface area contributed by atoms with Crippen molar-refractivity contribution in [2.45, 2.75) is 19.4 Å². The summed E-state index contributed by atoms with van der Waals surface area (Å²) < 4.78 is 10.8. The van der Waals surface area contributed by atoms with Gasteiger partial charge in [-0.25, -0.2) is 4.79 Å². The molecule has 0 bridgehead atoms. The van der Waals surface area contributed by atoms with Crippen LogP contribution in [0.2, 0.25) is 5.02 Å². The molecule has 114 valence electrons. The van der Waals surface area contributed by atoms with E-state index in [0.29, 0.717) is 35.3 Å². The number of rotatable bonds is 4. The summed E-state index contributed by atoms with van der Waals surface area (Å²) in [5, 5.41) is 9.30. The summed E-state index contributed by atoms with van der Waals surface area (Å²) in [5.74, 6) is -0.374. The largest absolute Gasteiger partial charge is 0.486 e. The number of carboxylic acids is 1. The first-order valence-corrected chi connectivity index (χ1v) is 6.84. The second kappa shape index (κ2) is 6.22. The molecule has 0 radical (unpaired) electrons. The molecule has 0 aliphatic carbocycles. The number of ether oxygens (including phenoxy) is 2. The van der Waals surface area contributed by atoms with Crippen molar-refractivity contribution >= 4 is 23.5 Å². The molecule has 0 spiro atoms. The summed E-state index contributed by atoms with van der Waals surface area (Å²) in [6.45, 7) is 2.32. The van der Waals surface area contributed by atoms with Gasteiger partial charge < -0.3 is 19.5 Å². The van der Waals surface area contributed by atoms with Gasteiger partial charge in [0.05, 0.1) is 11.4 Å². The van der Waals surface area contributed by atoms with Crippen molar-refractivity contribution in [3.8, 4) is 11.5 Å². The Bertz CT molecular complexity index is 575. The molecule has 0 unspecified atom stereocenters. The zero-order valence-electron chi connectivity index (χ0n) is 11.8. The maximum absolute atomic E-state index is 12.1. The molecule has 0 aromatic heterocycles. The quantitative estimate of drug-likeness (QED) is 0.913. The molecule has 21 heavy (non-hydrogen) atoms. The van der Waals surface area contributed by atoms with Crippen LogP contribution in [0.3, 0.4) is 0 Å². The molecule has 6 nitrogen and oxygen atoms in total. The number of aliphatic carboxylic acids is 1. The maximum Gasteiger partial charge on any atom is 0.326 e. The van der Waals surface area contributed by atoms with E-state index in [4.69, 9.17) is 26.2 Å². The number of nitrogens with zero attached hydrogens (tertiary/aromatic N) is 1. The molecule has 1 aliphatic rings. The molecule has 1 atom stereocenters. The molecule has 2 rings (SSSR count). The van der Waals surface area contributed by atoms with Gasteiger partial charge in [0.25, 0.3) is 0 Å². The summed E-state index contributed by atoms with van der Waals surface area (Å²) in [5.41, 5.74) is 0.652. The molecular weight excluding hydrogens is 298 g/mol. The Morgan fingerprint density at radius 1 is 1.38 bits per heavy atom. The molecule has 0 fully saturated rings. The molecule has 1 aliphatic heterocycles. The number of likely N-dealkylation sites (N-methyl/N-ethyl adjacent to an activating group) is 1. The van der Waals surface area contributed by atoms with Crippen LogP contribution < -0.4 is 9.47 Å². The molecule has 1 N–H and O–H groups in total. The Kier molecular flexibility index (Phi) is 4.57. The fraction of sp³-hybridized carbons (Fsp3) is 0.429. The lowest BCUT2D eigenvalue weighted by atomic mass is 10.1. The number of halogens is 1. The minimum absolute atomic E-state index is 0.0461. The van der Waals surface area contributed by atoms with Crippen molar-refractivity contribution in [2.24, 2.45) is 0 Å². The van der Waals surface area contributed by atoms with Crippen LogP contribution in [-0.2, 0) is 16.0 Å². The zero-order valence-corrected chi connectivity index (χ0v) is 12.5. The third-order valence-electron chi connectivity index (χ3n) is 3.34. The Morgan fingerprint density at radius 2 is 2.05 bits per heavy atom. The Labute approximate surface area is 127 Å². The van der Waals surface area contributed by atoms with Crippen LogP contribution >= 0.6 is 11.6 Å². The van der Waals surface area contributed by atoms with Gasteiger partial charge in [-0.15, -0.1) is 0 Å². The summed E-state index contributed by atoms with van der Waals surface area (Å²) in [6, 6.07) is 2.44. The van der Waals surface area contributed by atoms with Gasteiger partial charge >= 0.3 is 5.97 Å². The van der Waals surface area contributed by atoms with E-state index in [2.05, 4.69) is 0 Å². The molecule has 1 amide bonds. The maximum atomic E-state index is 12.1. The highest BCUT2D eigenvalue weighted by molar-refractivity contribution is 6.32. The third kappa shape index (κ3) is 3.39. The lowest BCUT2D eigenvalue weighted by molar-refractivity contribution is -0.148. The molecule has 7 heteroatoms. The van der Waals surface area contributed by atoms with E-state index >= 15 is 0 Å². The van der Waals surface area contributed by atoms with Crippen molar-refractivity contribution < 1.29 is 24.2 Å². The summed E-state index contributed by atoms with van der Waals surface area (Å²) in [7, 11) is 1.46. The lowest BCUT2D eigenvalue weighted by Gasteiger charge is -2.23. The normalized spacial score (nSPS) is 14.4. The molecule has 1 heterocycles. The number of amides is 1. The zero-order chi connectivity index (χ0) is 15.6. The number of carboxylic acid groups (broad SMARTS) is 1. The SMILES string of the molecule is C[C@H](C(=O)O)N(C)C(=O)Cc1cc(Cl)c2c(c1)OCCO2. The number of hydrogen-bond donors (Lipinski definition) is 1. The van der Waals surface area contributed by atoms with Crippen molar-refractivity contribution in [3.63, 3.8) is 0 Å². The second-order valence-corrected chi connectivity index (χ2v) is 5.20. The fourth-order valence-corrected chi connectivity index (χ4v) is 2.24. The average Bonchev–Trinajstić information content (AvgIpc) is 2.45. The van der Waals surface area contributed by atoms with Gasteiger partial charge in [-0.05, 0) is 24.6 Å². The predicted molar refractivity (Wildman–Crippen MR) is 76.0 cm³/mol. The van der Waals surface area contributed by atoms with Crippen LogP contribution in [0.4, 0.5) is 0 Å². The molecule has 0 saturated heterocycles. The smallest absolute Gasteiger partial charge is 0.326 e. The van der Waals surface area contributed by atoms with Crippen LogP contribution in [-0.4, -0.2) is 48.2 Å². The second-order valence-electron chi connectivity index (χ2n) is 4.80. The van der Waals surface area contributed by atoms with Crippen LogP contribution in [0.5, 0.6) is 11.5 Å². The van der Waals surface area contributed by atoms with Crippen molar-refractivity contribution in [3.05, 3.63) is 22.7 Å². The van der Waals surface area contributed by atoms with E-state index in [1.165, 1.54) is 18.9 Å². The van der Waals surface area contributed by atoms with Crippen molar-refractivity contribution in [1.82, 2.24) is 4.90 Å². The highest BCUT2D eigenvalue weighted by Crippen LogP contribution is 2.38. The van der Waals surface area contributed by atoms with E-state index in [9.17, 15) is 9.59 Å². The Balaban J connectivity index is 2.14. The number of carbonyl (C=O) groups excluding carboxylic acids is 1. The summed E-state index contributed by atoms with van der Waals surface area (Å²) >= 11 is 6.10. The highest BCUT2D eigenvalue weighted by atomic mass is 35.5. The number of hydrogen-bond acceptors (Lipinski definition) is 4. The predicted octanol–water partition coefficient (Wildman–Crippen LogP) is 1.59. The van der Waals surface area contributed by atoms with Crippen LogP contribution in [0.15, 0.2) is 12.1 Å². The van der Waals surface area contributed by atoms with Crippen molar-refractivity contribution in [2.75, 3.05) is 20.3 Å². The third-order valence-corrected chi connectivity index (χ3v) is 3.62. The molecule has 1 aromatic rings. The van der Waals surface area contributed by atoms with Crippen LogP contribution in [0.25, 0.3) is 0 Å². The fourth-order valence-electron chi connectivity index (χ4n) is 1.95. The van der Waals surface area contributed by atoms with E-state index < -0.39 is 12.0 Å². The van der Waals surface area contributed by atoms with Gasteiger partial charge in [-0.1, -0.05) is 11.6 Å². The minimum Gasteiger partial charge on any atom is -0.486 e. The first-order valence-electron chi connectivity index (χ1n) is 6.46. The first-order chi connectivity index (χ1) is 9.90. The number of benzene rings is 1. The van der Waals surface area contributed by atoms with Crippen LogP contribution in [0.1, 0.15) is 12.5 Å². The number of fused-ring (bicyclic) bond motifs is 1. The molecule has 0 saturated carbocycles. The highest BCUT2D eigenvalue weighted by Gasteiger charge is 2.23. The van der Waals surface area contributed by atoms with Crippen LogP contribution in [0, 0.1) is 0 Å².